The Bertz CT molecular complexity index is 912. The first kappa shape index (κ1) is 19.3. The van der Waals surface area contributed by atoms with Crippen LogP contribution < -0.4 is 0 Å². The molecule has 0 saturated carbocycles. The van der Waals surface area contributed by atoms with Gasteiger partial charge >= 0.3 is 5.97 Å². The van der Waals surface area contributed by atoms with Gasteiger partial charge in [-0.05, 0) is 38.8 Å². The highest BCUT2D eigenvalue weighted by Crippen LogP contribution is 2.43. The second-order valence-corrected chi connectivity index (χ2v) is 8.75. The van der Waals surface area contributed by atoms with Gasteiger partial charge in [-0.3, -0.25) is 14.5 Å². The van der Waals surface area contributed by atoms with Gasteiger partial charge in [0.15, 0.2) is 11.5 Å². The lowest BCUT2D eigenvalue weighted by molar-refractivity contribution is -0.150. The largest absolute Gasteiger partial charge is 0.461 e. The summed E-state index contributed by atoms with van der Waals surface area (Å²) in [6, 6.07) is 11.3. The van der Waals surface area contributed by atoms with E-state index >= 15 is 0 Å². The summed E-state index contributed by atoms with van der Waals surface area (Å²) < 4.78 is 11.1. The maximum atomic E-state index is 12.9. The standard InChI is InChI=1S/C23H27N3O4/c27-21(19-14-20(30-24-19)17-6-2-1-3-7-17)26-12-8-23(9-13-26)15-18(29-22(23)28)16-25-10-4-5-11-25/h1-3,6-7,14,18H,4-5,8-13,15-16H2. The molecule has 7 heteroatoms. The number of piperidine rings is 1. The van der Waals surface area contributed by atoms with Crippen LogP contribution in [0.1, 0.15) is 42.6 Å². The summed E-state index contributed by atoms with van der Waals surface area (Å²) in [6.07, 6.45) is 4.52. The van der Waals surface area contributed by atoms with Crippen molar-refractivity contribution < 1.29 is 18.8 Å². The third-order valence-corrected chi connectivity index (χ3v) is 6.78. The minimum Gasteiger partial charge on any atom is -0.461 e. The van der Waals surface area contributed by atoms with E-state index in [0.29, 0.717) is 37.4 Å². The summed E-state index contributed by atoms with van der Waals surface area (Å²) in [6.45, 7) is 4.13. The lowest BCUT2D eigenvalue weighted by atomic mass is 9.76. The van der Waals surface area contributed by atoms with Gasteiger partial charge in [0.25, 0.3) is 5.91 Å². The van der Waals surface area contributed by atoms with Gasteiger partial charge in [0, 0.05) is 37.7 Å². The summed E-state index contributed by atoms with van der Waals surface area (Å²) in [5, 5.41) is 3.98. The van der Waals surface area contributed by atoms with E-state index < -0.39 is 5.41 Å². The van der Waals surface area contributed by atoms with Gasteiger partial charge in [-0.15, -0.1) is 0 Å². The van der Waals surface area contributed by atoms with Crippen LogP contribution in [0.15, 0.2) is 40.9 Å². The average molecular weight is 409 g/mol. The molecule has 158 valence electrons. The van der Waals surface area contributed by atoms with Crippen molar-refractivity contribution in [2.45, 2.75) is 38.2 Å². The number of benzene rings is 1. The quantitative estimate of drug-likeness (QED) is 0.723. The number of nitrogens with zero attached hydrogens (tertiary/aromatic N) is 3. The van der Waals surface area contributed by atoms with Crippen molar-refractivity contribution in [1.29, 1.82) is 0 Å². The fourth-order valence-electron chi connectivity index (χ4n) is 5.01. The number of aromatic nitrogens is 1. The smallest absolute Gasteiger partial charge is 0.312 e. The zero-order chi connectivity index (χ0) is 20.6. The zero-order valence-corrected chi connectivity index (χ0v) is 17.1. The van der Waals surface area contributed by atoms with E-state index in [1.807, 2.05) is 30.3 Å². The zero-order valence-electron chi connectivity index (χ0n) is 17.1. The van der Waals surface area contributed by atoms with Gasteiger partial charge in [0.1, 0.15) is 6.10 Å². The Morgan fingerprint density at radius 1 is 1.10 bits per heavy atom. The van der Waals surface area contributed by atoms with Crippen LogP contribution in [0, 0.1) is 5.41 Å². The van der Waals surface area contributed by atoms with Crippen molar-refractivity contribution in [3.63, 3.8) is 0 Å². The molecule has 5 rings (SSSR count). The number of rotatable bonds is 4. The van der Waals surface area contributed by atoms with E-state index in [0.717, 1.165) is 31.6 Å². The number of hydrogen-bond donors (Lipinski definition) is 0. The molecule has 1 unspecified atom stereocenters. The van der Waals surface area contributed by atoms with Crippen molar-refractivity contribution in [3.8, 4) is 11.3 Å². The Hall–Kier alpha value is -2.67. The second-order valence-electron chi connectivity index (χ2n) is 8.75. The van der Waals surface area contributed by atoms with E-state index in [1.54, 1.807) is 11.0 Å². The topological polar surface area (TPSA) is 75.9 Å². The number of carbonyl (C=O) groups excluding carboxylic acids is 2. The minimum absolute atomic E-state index is 0.0122. The van der Waals surface area contributed by atoms with E-state index in [9.17, 15) is 9.59 Å². The van der Waals surface area contributed by atoms with Crippen LogP contribution >= 0.6 is 0 Å². The number of likely N-dealkylation sites (tertiary alicyclic amines) is 2. The molecule has 1 spiro atoms. The van der Waals surface area contributed by atoms with Crippen molar-refractivity contribution in [1.82, 2.24) is 15.0 Å². The van der Waals surface area contributed by atoms with E-state index in [2.05, 4.69) is 10.1 Å². The van der Waals surface area contributed by atoms with E-state index in [4.69, 9.17) is 9.26 Å². The number of carbonyl (C=O) groups is 2. The van der Waals surface area contributed by atoms with Crippen LogP contribution in [-0.4, -0.2) is 65.7 Å². The summed E-state index contributed by atoms with van der Waals surface area (Å²) in [7, 11) is 0. The first-order chi connectivity index (χ1) is 14.6. The van der Waals surface area contributed by atoms with Crippen LogP contribution in [0.25, 0.3) is 11.3 Å². The molecule has 7 nitrogen and oxygen atoms in total. The van der Waals surface area contributed by atoms with E-state index in [1.165, 1.54) is 12.8 Å². The average Bonchev–Trinajstić information content (AvgIpc) is 3.51. The Morgan fingerprint density at radius 3 is 2.57 bits per heavy atom. The van der Waals surface area contributed by atoms with Crippen molar-refractivity contribution in [2.75, 3.05) is 32.7 Å². The normalized spacial score (nSPS) is 23.8. The molecule has 0 aliphatic carbocycles. The van der Waals surface area contributed by atoms with Crippen molar-refractivity contribution in [2.24, 2.45) is 5.41 Å². The van der Waals surface area contributed by atoms with Crippen molar-refractivity contribution in [3.05, 3.63) is 42.1 Å². The maximum Gasteiger partial charge on any atom is 0.312 e. The first-order valence-corrected chi connectivity index (χ1v) is 10.9. The molecule has 1 atom stereocenters. The predicted octanol–water partition coefficient (Wildman–Crippen LogP) is 2.98. The number of amides is 1. The Kier molecular flexibility index (Phi) is 5.06. The third kappa shape index (κ3) is 3.62. The molecule has 1 aromatic carbocycles. The molecule has 0 radical (unpaired) electrons. The van der Waals surface area contributed by atoms with Gasteiger partial charge in [0.2, 0.25) is 0 Å². The molecule has 0 bridgehead atoms. The third-order valence-electron chi connectivity index (χ3n) is 6.78. The van der Waals surface area contributed by atoms with Gasteiger partial charge in [-0.25, -0.2) is 0 Å². The molecule has 1 aromatic heterocycles. The van der Waals surface area contributed by atoms with Crippen LogP contribution in [0.4, 0.5) is 0 Å². The summed E-state index contributed by atoms with van der Waals surface area (Å²) in [5.74, 6) is 0.360. The lowest BCUT2D eigenvalue weighted by Crippen LogP contribution is -2.45. The van der Waals surface area contributed by atoms with Crippen molar-refractivity contribution >= 4 is 11.9 Å². The molecule has 2 aromatic rings. The van der Waals surface area contributed by atoms with Gasteiger partial charge in [-0.1, -0.05) is 35.5 Å². The monoisotopic (exact) mass is 409 g/mol. The summed E-state index contributed by atoms with van der Waals surface area (Å²) >= 11 is 0. The molecular formula is C23H27N3O4. The first-order valence-electron chi connectivity index (χ1n) is 10.9. The molecule has 3 fully saturated rings. The molecule has 3 aliphatic rings. The highest BCUT2D eigenvalue weighted by molar-refractivity contribution is 5.93. The van der Waals surface area contributed by atoms with Gasteiger partial charge in [-0.2, -0.15) is 0 Å². The molecule has 0 N–H and O–H groups in total. The Labute approximate surface area is 176 Å². The molecule has 1 amide bonds. The molecule has 4 heterocycles. The fourth-order valence-corrected chi connectivity index (χ4v) is 5.01. The highest BCUT2D eigenvalue weighted by Gasteiger charge is 2.51. The number of ether oxygens (including phenoxy) is 1. The van der Waals surface area contributed by atoms with E-state index in [-0.39, 0.29) is 18.0 Å². The van der Waals surface area contributed by atoms with Gasteiger partial charge in [0.05, 0.1) is 5.41 Å². The molecule has 3 aliphatic heterocycles. The minimum atomic E-state index is -0.430. The maximum absolute atomic E-state index is 12.9. The van der Waals surface area contributed by atoms with Crippen LogP contribution in [0.3, 0.4) is 0 Å². The van der Waals surface area contributed by atoms with Crippen LogP contribution in [0.2, 0.25) is 0 Å². The molecule has 30 heavy (non-hydrogen) atoms. The molecule has 3 saturated heterocycles. The van der Waals surface area contributed by atoms with Crippen LogP contribution in [-0.2, 0) is 9.53 Å². The Balaban J connectivity index is 1.20. The predicted molar refractivity (Wildman–Crippen MR) is 110 cm³/mol. The lowest BCUT2D eigenvalue weighted by Gasteiger charge is -2.36. The number of cyclic esters (lactones) is 1. The number of esters is 1. The SMILES string of the molecule is O=C(c1cc(-c2ccccc2)on1)N1CCC2(CC1)CC(CN1CCCC1)OC2=O. The number of hydrogen-bond acceptors (Lipinski definition) is 6. The van der Waals surface area contributed by atoms with Gasteiger partial charge < -0.3 is 14.2 Å². The molecular weight excluding hydrogens is 382 g/mol. The second kappa shape index (κ2) is 7.87. The van der Waals surface area contributed by atoms with Crippen LogP contribution in [0.5, 0.6) is 0 Å². The Morgan fingerprint density at radius 2 is 1.83 bits per heavy atom. The fraction of sp³-hybridized carbons (Fsp3) is 0.522. The summed E-state index contributed by atoms with van der Waals surface area (Å²) in [4.78, 5) is 29.7. The highest BCUT2D eigenvalue weighted by atomic mass is 16.6. The summed E-state index contributed by atoms with van der Waals surface area (Å²) in [5.41, 5.74) is 0.769.